The summed E-state index contributed by atoms with van der Waals surface area (Å²) in [7, 11) is 1.64. The summed E-state index contributed by atoms with van der Waals surface area (Å²) in [5, 5.41) is 3.28. The van der Waals surface area contributed by atoms with Gasteiger partial charge in [0.05, 0.1) is 18.8 Å². The number of nitrogens with one attached hydrogen (secondary N) is 1. The van der Waals surface area contributed by atoms with E-state index in [1.807, 2.05) is 0 Å². The Morgan fingerprint density at radius 3 is 2.68 bits per heavy atom. The van der Waals surface area contributed by atoms with Crippen LogP contribution in [-0.2, 0) is 14.3 Å². The van der Waals surface area contributed by atoms with Crippen LogP contribution in [0.3, 0.4) is 0 Å². The van der Waals surface area contributed by atoms with Crippen LogP contribution < -0.4 is 10.2 Å². The molecule has 2 heterocycles. The largest absolute Gasteiger partial charge is 0.384 e. The van der Waals surface area contributed by atoms with Gasteiger partial charge in [0.15, 0.2) is 0 Å². The van der Waals surface area contributed by atoms with E-state index in [9.17, 15) is 4.79 Å². The summed E-state index contributed by atoms with van der Waals surface area (Å²) in [6.45, 7) is 2.81. The van der Waals surface area contributed by atoms with Gasteiger partial charge < -0.3 is 19.7 Å². The van der Waals surface area contributed by atoms with Crippen molar-refractivity contribution in [2.45, 2.75) is 69.6 Å². The molecule has 1 N–H and O–H groups in total. The van der Waals surface area contributed by atoms with Crippen LogP contribution in [0.15, 0.2) is 24.3 Å². The van der Waals surface area contributed by atoms with Crippen LogP contribution in [-0.4, -0.2) is 44.9 Å². The van der Waals surface area contributed by atoms with Crippen molar-refractivity contribution in [3.8, 4) is 0 Å². The first-order chi connectivity index (χ1) is 13.7. The fourth-order valence-electron chi connectivity index (χ4n) is 5.16. The van der Waals surface area contributed by atoms with E-state index in [2.05, 4.69) is 34.5 Å². The molecule has 2 aliphatic heterocycles. The average Bonchev–Trinajstić information content (AvgIpc) is 3.22. The third kappa shape index (κ3) is 4.52. The van der Waals surface area contributed by atoms with Gasteiger partial charge in [-0.2, -0.15) is 0 Å². The molecule has 4 rings (SSSR count). The highest BCUT2D eigenvalue weighted by Gasteiger charge is 2.42. The lowest BCUT2D eigenvalue weighted by Gasteiger charge is -2.39. The molecule has 1 saturated carbocycles. The molecule has 1 aromatic rings. The molecule has 3 fully saturated rings. The summed E-state index contributed by atoms with van der Waals surface area (Å²) in [6.07, 6.45) is 9.03. The van der Waals surface area contributed by atoms with Crippen molar-refractivity contribution in [2.75, 3.05) is 31.7 Å². The Kier molecular flexibility index (Phi) is 6.53. The van der Waals surface area contributed by atoms with Crippen LogP contribution in [0.5, 0.6) is 0 Å². The SMILES string of the molecule is COCCC(=O)N[C@@H]1C[C@H](c2ccc(N3CCCCC3)cc2)O[C@@H]2CCC[C@@H]12. The van der Waals surface area contributed by atoms with Gasteiger partial charge in [-0.3, -0.25) is 4.79 Å². The number of hydrogen-bond donors (Lipinski definition) is 1. The summed E-state index contributed by atoms with van der Waals surface area (Å²) in [6, 6.07) is 9.16. The maximum absolute atomic E-state index is 12.3. The predicted octanol–water partition coefficient (Wildman–Crippen LogP) is 3.83. The van der Waals surface area contributed by atoms with Gasteiger partial charge in [0, 0.05) is 44.3 Å². The standard InChI is InChI=1S/C23H34N2O3/c1-27-15-12-23(26)24-20-16-22(28-21-7-5-6-19(20)21)17-8-10-18(11-9-17)25-13-3-2-4-14-25/h8-11,19-22H,2-7,12-16H2,1H3,(H,24,26)/t19-,20+,21+,22+/m0/s1. The Balaban J connectivity index is 1.42. The zero-order valence-electron chi connectivity index (χ0n) is 17.1. The molecule has 0 bridgehead atoms. The zero-order valence-corrected chi connectivity index (χ0v) is 17.1. The van der Waals surface area contributed by atoms with Gasteiger partial charge in [0.2, 0.25) is 5.91 Å². The summed E-state index contributed by atoms with van der Waals surface area (Å²) in [5.41, 5.74) is 2.56. The number of hydrogen-bond acceptors (Lipinski definition) is 4. The number of rotatable bonds is 6. The van der Waals surface area contributed by atoms with Crippen molar-refractivity contribution < 1.29 is 14.3 Å². The third-order valence-electron chi connectivity index (χ3n) is 6.69. The minimum Gasteiger partial charge on any atom is -0.384 e. The van der Waals surface area contributed by atoms with E-state index in [1.165, 1.54) is 50.0 Å². The molecule has 1 aromatic carbocycles. The molecular formula is C23H34N2O3. The molecule has 1 amide bonds. The van der Waals surface area contributed by atoms with Crippen molar-refractivity contribution in [3.63, 3.8) is 0 Å². The monoisotopic (exact) mass is 386 g/mol. The van der Waals surface area contributed by atoms with E-state index < -0.39 is 0 Å². The van der Waals surface area contributed by atoms with Crippen molar-refractivity contribution >= 4 is 11.6 Å². The zero-order chi connectivity index (χ0) is 19.3. The second-order valence-corrected chi connectivity index (χ2v) is 8.55. The number of piperidine rings is 1. The second kappa shape index (κ2) is 9.27. The van der Waals surface area contributed by atoms with E-state index in [0.29, 0.717) is 18.9 Å². The van der Waals surface area contributed by atoms with Crippen LogP contribution in [0.25, 0.3) is 0 Å². The van der Waals surface area contributed by atoms with E-state index in [4.69, 9.17) is 9.47 Å². The number of ether oxygens (including phenoxy) is 2. The predicted molar refractivity (Wildman–Crippen MR) is 111 cm³/mol. The van der Waals surface area contributed by atoms with E-state index in [0.717, 1.165) is 19.3 Å². The van der Waals surface area contributed by atoms with Crippen molar-refractivity contribution in [3.05, 3.63) is 29.8 Å². The van der Waals surface area contributed by atoms with Crippen molar-refractivity contribution in [1.82, 2.24) is 5.32 Å². The van der Waals surface area contributed by atoms with Crippen molar-refractivity contribution in [1.29, 1.82) is 0 Å². The molecular weight excluding hydrogens is 352 g/mol. The van der Waals surface area contributed by atoms with Gasteiger partial charge in [-0.05, 0) is 56.2 Å². The first-order valence-corrected chi connectivity index (χ1v) is 11.0. The Labute approximate surface area is 168 Å². The van der Waals surface area contributed by atoms with Crippen LogP contribution in [0, 0.1) is 5.92 Å². The molecule has 0 spiro atoms. The first kappa shape index (κ1) is 19.7. The fraction of sp³-hybridized carbons (Fsp3) is 0.696. The Hall–Kier alpha value is -1.59. The smallest absolute Gasteiger partial charge is 0.222 e. The molecule has 4 atom stereocenters. The maximum Gasteiger partial charge on any atom is 0.222 e. The van der Waals surface area contributed by atoms with Crippen LogP contribution >= 0.6 is 0 Å². The number of amides is 1. The Bertz CT molecular complexity index is 642. The fourth-order valence-corrected chi connectivity index (χ4v) is 5.16. The number of methoxy groups -OCH3 is 1. The molecule has 0 aromatic heterocycles. The Morgan fingerprint density at radius 2 is 1.93 bits per heavy atom. The minimum absolute atomic E-state index is 0.0717. The highest BCUT2D eigenvalue weighted by atomic mass is 16.5. The lowest BCUT2D eigenvalue weighted by atomic mass is 9.86. The van der Waals surface area contributed by atoms with Gasteiger partial charge in [0.1, 0.15) is 0 Å². The van der Waals surface area contributed by atoms with Gasteiger partial charge in [0.25, 0.3) is 0 Å². The van der Waals surface area contributed by atoms with E-state index >= 15 is 0 Å². The van der Waals surface area contributed by atoms with Crippen LogP contribution in [0.2, 0.25) is 0 Å². The van der Waals surface area contributed by atoms with Gasteiger partial charge in [-0.25, -0.2) is 0 Å². The number of carbonyl (C=O) groups is 1. The number of nitrogens with zero attached hydrogens (tertiary/aromatic N) is 1. The number of benzene rings is 1. The molecule has 5 heteroatoms. The normalized spacial score (nSPS) is 30.1. The molecule has 1 aliphatic carbocycles. The number of carbonyl (C=O) groups excluding carboxylic acids is 1. The van der Waals surface area contributed by atoms with Gasteiger partial charge >= 0.3 is 0 Å². The quantitative estimate of drug-likeness (QED) is 0.807. The van der Waals surface area contributed by atoms with E-state index in [1.54, 1.807) is 7.11 Å². The highest BCUT2D eigenvalue weighted by molar-refractivity contribution is 5.76. The molecule has 154 valence electrons. The molecule has 28 heavy (non-hydrogen) atoms. The highest BCUT2D eigenvalue weighted by Crippen LogP contribution is 2.42. The first-order valence-electron chi connectivity index (χ1n) is 11.0. The Morgan fingerprint density at radius 1 is 1.14 bits per heavy atom. The molecule has 3 aliphatic rings. The van der Waals surface area contributed by atoms with Gasteiger partial charge in [-0.1, -0.05) is 18.6 Å². The molecule has 0 unspecified atom stereocenters. The lowest BCUT2D eigenvalue weighted by molar-refractivity contribution is -0.127. The van der Waals surface area contributed by atoms with Crippen molar-refractivity contribution in [2.24, 2.45) is 5.92 Å². The van der Waals surface area contributed by atoms with Crippen LogP contribution in [0.4, 0.5) is 5.69 Å². The minimum atomic E-state index is 0.0717. The molecule has 0 radical (unpaired) electrons. The molecule has 2 saturated heterocycles. The summed E-state index contributed by atoms with van der Waals surface area (Å²) < 4.78 is 11.5. The number of anilines is 1. The third-order valence-corrected chi connectivity index (χ3v) is 6.69. The lowest BCUT2D eigenvalue weighted by Crippen LogP contribution is -2.48. The second-order valence-electron chi connectivity index (χ2n) is 8.55. The van der Waals surface area contributed by atoms with Crippen LogP contribution in [0.1, 0.15) is 63.0 Å². The summed E-state index contributed by atoms with van der Waals surface area (Å²) in [5.74, 6) is 0.550. The molecule has 5 nitrogen and oxygen atoms in total. The summed E-state index contributed by atoms with van der Waals surface area (Å²) in [4.78, 5) is 14.8. The van der Waals surface area contributed by atoms with Gasteiger partial charge in [-0.15, -0.1) is 0 Å². The maximum atomic E-state index is 12.3. The average molecular weight is 387 g/mol. The topological polar surface area (TPSA) is 50.8 Å². The summed E-state index contributed by atoms with van der Waals surface area (Å²) >= 11 is 0. The van der Waals surface area contributed by atoms with E-state index in [-0.39, 0.29) is 24.2 Å². The number of fused-ring (bicyclic) bond motifs is 1.